The molecule has 0 bridgehead atoms. The molecule has 0 aliphatic carbocycles. The van der Waals surface area contributed by atoms with E-state index in [1.165, 1.54) is 18.9 Å². The quantitative estimate of drug-likeness (QED) is 0.465. The molecule has 7 nitrogen and oxygen atoms in total. The van der Waals surface area contributed by atoms with Gasteiger partial charge in [0.1, 0.15) is 17.0 Å². The number of rotatable bonds is 7. The van der Waals surface area contributed by atoms with Crippen LogP contribution < -0.4 is 4.74 Å². The predicted molar refractivity (Wildman–Crippen MR) is 115 cm³/mol. The topological polar surface area (TPSA) is 79.7 Å². The molecule has 156 valence electrons. The summed E-state index contributed by atoms with van der Waals surface area (Å²) in [6, 6.07) is 14.4. The number of aromatic nitrogens is 2. The molecule has 0 saturated carbocycles. The van der Waals surface area contributed by atoms with E-state index in [1.54, 1.807) is 30.3 Å². The van der Waals surface area contributed by atoms with Crippen molar-refractivity contribution in [2.75, 3.05) is 20.8 Å². The van der Waals surface area contributed by atoms with Crippen LogP contribution in [-0.2, 0) is 9.47 Å². The Balaban J connectivity index is 2.24. The maximum absolute atomic E-state index is 12.7. The van der Waals surface area contributed by atoms with Crippen molar-refractivity contribution in [2.24, 2.45) is 0 Å². The second-order valence-corrected chi connectivity index (χ2v) is 7.15. The summed E-state index contributed by atoms with van der Waals surface area (Å²) in [5, 5.41) is 4.57. The number of ether oxygens (including phenoxy) is 3. The second-order valence-electron chi connectivity index (χ2n) is 6.30. The van der Waals surface area contributed by atoms with Gasteiger partial charge in [0.05, 0.1) is 31.0 Å². The summed E-state index contributed by atoms with van der Waals surface area (Å²) in [6.07, 6.45) is 0.880. The van der Waals surface area contributed by atoms with Crippen molar-refractivity contribution in [3.63, 3.8) is 0 Å². The fourth-order valence-corrected chi connectivity index (χ4v) is 3.43. The molecular weight excluding hydrogens is 452 g/mol. The molecule has 0 atom stereocenters. The van der Waals surface area contributed by atoms with Crippen molar-refractivity contribution in [3.05, 3.63) is 64.3 Å². The molecule has 1 heterocycles. The monoisotopic (exact) mass is 472 g/mol. The summed E-state index contributed by atoms with van der Waals surface area (Å²) in [7, 11) is 2.51. The minimum Gasteiger partial charge on any atom is -0.492 e. The van der Waals surface area contributed by atoms with Crippen LogP contribution >= 0.6 is 15.9 Å². The zero-order valence-corrected chi connectivity index (χ0v) is 18.4. The van der Waals surface area contributed by atoms with Crippen LogP contribution in [0, 0.1) is 0 Å². The number of benzene rings is 2. The Morgan fingerprint density at radius 1 is 1.03 bits per heavy atom. The molecule has 0 unspecified atom stereocenters. The molecule has 0 N–H and O–H groups in total. The molecule has 0 aliphatic heterocycles. The van der Waals surface area contributed by atoms with Crippen molar-refractivity contribution in [1.29, 1.82) is 0 Å². The van der Waals surface area contributed by atoms with Gasteiger partial charge in [-0.05, 0) is 52.7 Å². The lowest BCUT2D eigenvalue weighted by molar-refractivity contribution is 0.0549. The number of para-hydroxylation sites is 1. The van der Waals surface area contributed by atoms with Crippen LogP contribution in [0.5, 0.6) is 5.75 Å². The lowest BCUT2D eigenvalue weighted by Gasteiger charge is -2.09. The number of nitrogens with zero attached hydrogens (tertiary/aromatic N) is 2. The third-order valence-corrected chi connectivity index (χ3v) is 4.94. The maximum atomic E-state index is 12.7. The Morgan fingerprint density at radius 2 is 1.73 bits per heavy atom. The number of hydrogen-bond donors (Lipinski definition) is 0. The smallest absolute Gasteiger partial charge is 0.357 e. The van der Waals surface area contributed by atoms with Crippen LogP contribution in [0.3, 0.4) is 0 Å². The highest BCUT2D eigenvalue weighted by molar-refractivity contribution is 9.10. The van der Waals surface area contributed by atoms with Gasteiger partial charge in [0.2, 0.25) is 0 Å². The number of halogens is 1. The molecule has 0 spiro atoms. The van der Waals surface area contributed by atoms with Gasteiger partial charge < -0.3 is 14.2 Å². The van der Waals surface area contributed by atoms with Gasteiger partial charge in [-0.3, -0.25) is 0 Å². The van der Waals surface area contributed by atoms with E-state index in [-0.39, 0.29) is 11.3 Å². The van der Waals surface area contributed by atoms with Crippen LogP contribution in [0.15, 0.2) is 53.0 Å². The average molecular weight is 473 g/mol. The molecule has 0 aliphatic rings. The number of methoxy groups -OCH3 is 2. The van der Waals surface area contributed by atoms with Gasteiger partial charge in [0.15, 0.2) is 5.69 Å². The fraction of sp³-hybridized carbons (Fsp3) is 0.227. The summed E-state index contributed by atoms with van der Waals surface area (Å²) < 4.78 is 17.7. The van der Waals surface area contributed by atoms with Crippen molar-refractivity contribution in [1.82, 2.24) is 9.78 Å². The van der Waals surface area contributed by atoms with Crippen LogP contribution in [0.4, 0.5) is 0 Å². The first-order valence-electron chi connectivity index (χ1n) is 9.29. The zero-order valence-electron chi connectivity index (χ0n) is 16.8. The van der Waals surface area contributed by atoms with Gasteiger partial charge in [-0.15, -0.1) is 0 Å². The molecule has 30 heavy (non-hydrogen) atoms. The maximum Gasteiger partial charge on any atom is 0.357 e. The zero-order chi connectivity index (χ0) is 21.7. The molecule has 0 radical (unpaired) electrons. The number of carbonyl (C=O) groups excluding carboxylic acids is 2. The normalized spacial score (nSPS) is 10.5. The summed E-state index contributed by atoms with van der Waals surface area (Å²) >= 11 is 3.50. The number of hydrogen-bond acceptors (Lipinski definition) is 6. The molecule has 8 heteroatoms. The fourth-order valence-electron chi connectivity index (χ4n) is 2.93. The Labute approximate surface area is 182 Å². The number of esters is 2. The summed E-state index contributed by atoms with van der Waals surface area (Å²) in [4.78, 5) is 25.3. The van der Waals surface area contributed by atoms with Gasteiger partial charge in [0.25, 0.3) is 0 Å². The van der Waals surface area contributed by atoms with Crippen LogP contribution in [0.25, 0.3) is 16.9 Å². The minimum absolute atomic E-state index is 0.00650. The molecule has 1 aromatic heterocycles. The Kier molecular flexibility index (Phi) is 6.89. The van der Waals surface area contributed by atoms with Crippen molar-refractivity contribution >= 4 is 27.9 Å². The van der Waals surface area contributed by atoms with E-state index in [0.29, 0.717) is 33.8 Å². The van der Waals surface area contributed by atoms with E-state index in [2.05, 4.69) is 21.0 Å². The summed E-state index contributed by atoms with van der Waals surface area (Å²) in [6.45, 7) is 2.61. The van der Waals surface area contributed by atoms with Crippen molar-refractivity contribution in [2.45, 2.75) is 13.3 Å². The van der Waals surface area contributed by atoms with Crippen molar-refractivity contribution in [3.8, 4) is 22.7 Å². The lowest BCUT2D eigenvalue weighted by atomic mass is 10.1. The van der Waals surface area contributed by atoms with E-state index in [9.17, 15) is 9.59 Å². The molecule has 0 amide bonds. The summed E-state index contributed by atoms with van der Waals surface area (Å²) in [5.74, 6) is -0.703. The standard InChI is InChI=1S/C22H21BrN2O5/c1-4-12-30-17-11-10-14(13-16(17)23)19-18(21(26)28-2)20(22(27)29-3)25(24-19)15-8-6-5-7-9-15/h5-11,13H,4,12H2,1-3H3. The van der Waals surface area contributed by atoms with E-state index in [1.807, 2.05) is 25.1 Å². The third kappa shape index (κ3) is 4.23. The van der Waals surface area contributed by atoms with E-state index in [4.69, 9.17) is 14.2 Å². The SMILES string of the molecule is CCCOc1ccc(-c2nn(-c3ccccc3)c(C(=O)OC)c2C(=O)OC)cc1Br. The minimum atomic E-state index is -0.694. The van der Waals surface area contributed by atoms with Crippen LogP contribution in [0.1, 0.15) is 34.2 Å². The largest absolute Gasteiger partial charge is 0.492 e. The van der Waals surface area contributed by atoms with E-state index < -0.39 is 11.9 Å². The Bertz CT molecular complexity index is 1060. The Hall–Kier alpha value is -3.13. The molecule has 3 rings (SSSR count). The summed E-state index contributed by atoms with van der Waals surface area (Å²) in [5.41, 5.74) is 1.55. The third-order valence-electron chi connectivity index (χ3n) is 4.32. The molecule has 2 aromatic carbocycles. The predicted octanol–water partition coefficient (Wildman–Crippen LogP) is 4.66. The first kappa shape index (κ1) is 21.6. The average Bonchev–Trinajstić information content (AvgIpc) is 3.18. The lowest BCUT2D eigenvalue weighted by Crippen LogP contribution is -2.15. The highest BCUT2D eigenvalue weighted by atomic mass is 79.9. The highest BCUT2D eigenvalue weighted by Crippen LogP contribution is 2.34. The van der Waals surface area contributed by atoms with Gasteiger partial charge in [-0.1, -0.05) is 25.1 Å². The molecular formula is C22H21BrN2O5. The van der Waals surface area contributed by atoms with Crippen molar-refractivity contribution < 1.29 is 23.8 Å². The van der Waals surface area contributed by atoms with Gasteiger partial charge >= 0.3 is 11.9 Å². The van der Waals surface area contributed by atoms with E-state index in [0.717, 1.165) is 6.42 Å². The first-order valence-corrected chi connectivity index (χ1v) is 10.1. The Morgan fingerprint density at radius 3 is 2.33 bits per heavy atom. The highest BCUT2D eigenvalue weighted by Gasteiger charge is 2.31. The van der Waals surface area contributed by atoms with E-state index >= 15 is 0 Å². The first-order chi connectivity index (χ1) is 14.5. The second kappa shape index (κ2) is 9.58. The van der Waals surface area contributed by atoms with Gasteiger partial charge in [-0.2, -0.15) is 5.10 Å². The van der Waals surface area contributed by atoms with Gasteiger partial charge in [0, 0.05) is 5.56 Å². The van der Waals surface area contributed by atoms with Crippen LogP contribution in [0.2, 0.25) is 0 Å². The van der Waals surface area contributed by atoms with Gasteiger partial charge in [-0.25, -0.2) is 14.3 Å². The number of carbonyl (C=O) groups is 2. The van der Waals surface area contributed by atoms with Crippen LogP contribution in [-0.4, -0.2) is 42.5 Å². The molecule has 0 fully saturated rings. The molecule has 3 aromatic rings. The molecule has 0 saturated heterocycles.